The summed E-state index contributed by atoms with van der Waals surface area (Å²) in [6.07, 6.45) is 16.4. The molecule has 8 fully saturated rings. The monoisotopic (exact) mass is 676 g/mol. The molecule has 0 aromatic rings. The van der Waals surface area contributed by atoms with E-state index < -0.39 is 8.32 Å². The summed E-state index contributed by atoms with van der Waals surface area (Å²) in [6, 6.07) is 0. The summed E-state index contributed by atoms with van der Waals surface area (Å²) in [6.45, 7) is 14.0. The van der Waals surface area contributed by atoms with Gasteiger partial charge in [0, 0.05) is 10.2 Å². The predicted octanol–water partition coefficient (Wildman–Crippen LogP) is 12.3. The first-order valence-electron chi connectivity index (χ1n) is 13.6. The minimum atomic E-state index is -1.34. The third kappa shape index (κ3) is 14.6. The Labute approximate surface area is 267 Å². The number of aliphatic hydroxyl groups is 1. The summed E-state index contributed by atoms with van der Waals surface area (Å²) in [5.74, 6) is 5.75. The van der Waals surface area contributed by atoms with Gasteiger partial charge in [-0.1, -0.05) is 64.2 Å². The van der Waals surface area contributed by atoms with E-state index in [2.05, 4.69) is 39.3 Å². The molecule has 8 aliphatic rings. The molecule has 0 heterocycles. The van der Waals surface area contributed by atoms with E-state index in [1.807, 2.05) is 0 Å². The van der Waals surface area contributed by atoms with Gasteiger partial charge in [0.2, 0.25) is 0 Å². The average molecular weight is 679 g/mol. The second-order valence-corrected chi connectivity index (χ2v) is 23.8. The Morgan fingerprint density at radius 2 is 0.846 bits per heavy atom. The topological polar surface area (TPSA) is 29.5 Å². The normalized spacial score (nSPS) is 37.2. The van der Waals surface area contributed by atoms with Crippen LogP contribution < -0.4 is 0 Å². The molecule has 248 valence electrons. The third-order valence-corrected chi connectivity index (χ3v) is 9.56. The number of hydrogen-bond donors (Lipinski definition) is 1. The van der Waals surface area contributed by atoms with Crippen molar-refractivity contribution in [3.05, 3.63) is 0 Å². The maximum atomic E-state index is 10.1. The summed E-state index contributed by atoms with van der Waals surface area (Å²) in [5.41, 5.74) is 0.147. The molecule has 1 N–H and O–H groups in total. The van der Waals surface area contributed by atoms with Crippen molar-refractivity contribution in [2.45, 2.75) is 172 Å². The van der Waals surface area contributed by atoms with Crippen LogP contribution in [0.4, 0.5) is 0 Å². The fraction of sp³-hybridized carbons (Fsp3) is 1.00. The van der Waals surface area contributed by atoms with Gasteiger partial charge in [-0.3, -0.25) is 0 Å². The first-order chi connectivity index (χ1) is 15.3. The fourth-order valence-corrected chi connectivity index (χ4v) is 10.4. The largest absolute Gasteiger partial charge is 0 e. The molecule has 0 amide bonds. The van der Waals surface area contributed by atoms with E-state index in [-0.39, 0.29) is 60.4 Å². The van der Waals surface area contributed by atoms with Crippen LogP contribution in [0, 0.1) is 35.5 Å². The van der Waals surface area contributed by atoms with E-state index in [9.17, 15) is 5.11 Å². The summed E-state index contributed by atoms with van der Waals surface area (Å²) in [7, 11) is 7.92. The summed E-state index contributed by atoms with van der Waals surface area (Å²) in [4.78, 5) is 0. The zero-order chi connectivity index (χ0) is 24.4. The van der Waals surface area contributed by atoms with E-state index >= 15 is 0 Å². The van der Waals surface area contributed by atoms with Crippen molar-refractivity contribution in [3.63, 3.8) is 0 Å². The molecule has 0 saturated heterocycles. The Morgan fingerprint density at radius 3 is 1.03 bits per heavy atom. The summed E-state index contributed by atoms with van der Waals surface area (Å²) >= 11 is 0.569. The van der Waals surface area contributed by atoms with Crippen LogP contribution in [-0.4, -0.2) is 33.4 Å². The maximum absolute atomic E-state index is 10.1. The van der Waals surface area contributed by atoms with Crippen LogP contribution >= 0.6 is 20.4 Å². The van der Waals surface area contributed by atoms with Gasteiger partial charge in [-0.15, -0.1) is 0 Å². The van der Waals surface area contributed by atoms with E-state index in [1.165, 1.54) is 57.8 Å². The SMILES string of the molecule is C.C.C.C.C.C.C[SiH](C)C.C[Si](C)(C)OC12CC3CC(CC(C3)C1)C2.OC12CC3CC(CC(C3)C1)C2.[Cl][Ni][Cl].[HH]. The molecular weight excluding hydrogens is 602 g/mol. The molecule has 8 rings (SSSR count). The molecule has 0 radical (unpaired) electrons. The summed E-state index contributed by atoms with van der Waals surface area (Å²) in [5, 5.41) is 10.1. The van der Waals surface area contributed by atoms with Crippen molar-refractivity contribution < 1.29 is 23.6 Å². The van der Waals surface area contributed by atoms with E-state index in [4.69, 9.17) is 24.8 Å². The van der Waals surface area contributed by atoms with Gasteiger partial charge in [0.05, 0.1) is 11.2 Å². The van der Waals surface area contributed by atoms with Gasteiger partial charge in [0.15, 0.2) is 8.32 Å². The first kappa shape index (κ1) is 47.4. The molecule has 0 unspecified atom stereocenters. The van der Waals surface area contributed by atoms with Crippen LogP contribution in [0.15, 0.2) is 0 Å². The minimum absolute atomic E-state index is 0. The van der Waals surface area contributed by atoms with Crippen LogP contribution in [-0.2, 0) is 17.1 Å². The van der Waals surface area contributed by atoms with E-state index in [1.54, 1.807) is 0 Å². The minimum Gasteiger partial charge on any atom is 0 e. The van der Waals surface area contributed by atoms with Gasteiger partial charge in [-0.2, -0.15) is 0 Å². The molecule has 0 spiro atoms. The van der Waals surface area contributed by atoms with Gasteiger partial charge in [0.25, 0.3) is 0 Å². The molecule has 0 aromatic heterocycles. The van der Waals surface area contributed by atoms with Crippen molar-refractivity contribution in [1.29, 1.82) is 0 Å². The second-order valence-electron chi connectivity index (χ2n) is 14.2. The van der Waals surface area contributed by atoms with E-state index in [0.717, 1.165) is 54.8 Å². The molecule has 8 aliphatic carbocycles. The molecular formula is C32H76Cl2NiO2Si2. The van der Waals surface area contributed by atoms with Crippen LogP contribution in [0.2, 0.25) is 39.3 Å². The Bertz CT molecular complexity index is 561. The van der Waals surface area contributed by atoms with Gasteiger partial charge < -0.3 is 9.53 Å². The Hall–Kier alpha value is 1.43. The zero-order valence-corrected chi connectivity index (χ0v) is 26.6. The Balaban J connectivity index is -0.000000148. The van der Waals surface area contributed by atoms with Crippen molar-refractivity contribution in [2.24, 2.45) is 35.5 Å². The van der Waals surface area contributed by atoms with Crippen molar-refractivity contribution >= 4 is 37.5 Å². The zero-order valence-electron chi connectivity index (χ0n) is 22.0. The van der Waals surface area contributed by atoms with Crippen LogP contribution in [0.3, 0.4) is 0 Å². The molecule has 0 atom stereocenters. The molecule has 39 heavy (non-hydrogen) atoms. The van der Waals surface area contributed by atoms with Gasteiger partial charge >= 0.3 is 33.0 Å². The molecule has 8 bridgehead atoms. The quantitative estimate of drug-likeness (QED) is 0.295. The number of halogens is 2. The molecule has 0 aromatic carbocycles. The average Bonchev–Trinajstić information content (AvgIpc) is 2.56. The molecule has 2 nitrogen and oxygen atoms in total. The predicted molar refractivity (Wildman–Crippen MR) is 187 cm³/mol. The van der Waals surface area contributed by atoms with Crippen LogP contribution in [0.25, 0.3) is 0 Å². The molecule has 0 aliphatic heterocycles. The fourth-order valence-electron chi connectivity index (χ4n) is 8.87. The number of rotatable bonds is 2. The standard InChI is InChI=1S/C13H24OSi.C10H16O.C3H10Si.6CH4.2ClH.Ni.H2/c1-15(2,3)14-13-7-10-4-11(8-13)6-12(5-10)9-13;11-10-4-7-1-8(5-10)3-9(2-7)6-10;1-4(2)3;;;;;;;;;;/h10-12H,4-9H2,1-3H3;7-9,11H,1-6H2;4H,1-3H3;6*1H4;2*1H;;1H/q;;;;;;;;;;;+2;/p-2. The van der Waals surface area contributed by atoms with Crippen LogP contribution in [0.1, 0.15) is 123 Å². The number of hydrogen-bond acceptors (Lipinski definition) is 2. The van der Waals surface area contributed by atoms with Crippen molar-refractivity contribution in [3.8, 4) is 0 Å². The van der Waals surface area contributed by atoms with Gasteiger partial charge in [-0.25, -0.2) is 0 Å². The summed E-state index contributed by atoms with van der Waals surface area (Å²) < 4.78 is 6.58. The maximum Gasteiger partial charge on any atom is 0 e. The smallest absolute Gasteiger partial charge is 0 e. The molecule has 8 saturated carbocycles. The Morgan fingerprint density at radius 1 is 0.641 bits per heavy atom. The second kappa shape index (κ2) is 19.7. The Kier molecular flexibility index (Phi) is 23.9. The van der Waals surface area contributed by atoms with Crippen molar-refractivity contribution in [2.75, 3.05) is 0 Å². The van der Waals surface area contributed by atoms with Gasteiger partial charge in [0.1, 0.15) is 0 Å². The van der Waals surface area contributed by atoms with Gasteiger partial charge in [-0.05, 0) is 132 Å². The first-order valence-corrected chi connectivity index (χ1v) is 23.2. The third-order valence-electron chi connectivity index (χ3n) is 8.51. The molecule has 7 heteroatoms. The van der Waals surface area contributed by atoms with Crippen molar-refractivity contribution in [1.82, 2.24) is 0 Å². The van der Waals surface area contributed by atoms with Crippen LogP contribution in [0.5, 0.6) is 0 Å². The van der Waals surface area contributed by atoms with E-state index in [0.29, 0.717) is 18.3 Å².